The fourth-order valence-electron chi connectivity index (χ4n) is 1.90. The minimum Gasteiger partial charge on any atom is -0.484 e. The number of halogens is 2. The molecule has 0 spiro atoms. The molecular formula is C14H14ClFN2O3. The summed E-state index contributed by atoms with van der Waals surface area (Å²) >= 11 is 6.13. The van der Waals surface area contributed by atoms with Crippen molar-refractivity contribution in [1.29, 1.82) is 0 Å². The number of ether oxygens (including phenoxy) is 1. The smallest absolute Gasteiger partial charge is 0.335 e. The Morgan fingerprint density at radius 1 is 1.52 bits per heavy atom. The number of aromatic nitrogens is 2. The van der Waals surface area contributed by atoms with Crippen molar-refractivity contribution >= 4 is 17.6 Å². The van der Waals surface area contributed by atoms with Gasteiger partial charge in [0.05, 0.1) is 22.0 Å². The van der Waals surface area contributed by atoms with Crippen LogP contribution in [-0.2, 0) is 13.2 Å². The largest absolute Gasteiger partial charge is 0.484 e. The standard InChI is InChI=1S/C14H14ClFN2O3/c1-3-18-11(13(15)8(2)17-18)7-21-12-5-4-9(14(19)20)6-10(12)16/h4-6H,3,7H2,1-2H3,(H,19,20). The summed E-state index contributed by atoms with van der Waals surface area (Å²) in [7, 11) is 0. The van der Waals surface area contributed by atoms with Gasteiger partial charge in [-0.3, -0.25) is 4.68 Å². The molecule has 0 bridgehead atoms. The van der Waals surface area contributed by atoms with Crippen molar-refractivity contribution in [2.75, 3.05) is 0 Å². The van der Waals surface area contributed by atoms with Gasteiger partial charge < -0.3 is 9.84 Å². The Kier molecular flexibility index (Phi) is 4.47. The van der Waals surface area contributed by atoms with Crippen molar-refractivity contribution in [3.63, 3.8) is 0 Å². The first-order chi connectivity index (χ1) is 9.93. The Morgan fingerprint density at radius 3 is 2.81 bits per heavy atom. The minimum absolute atomic E-state index is 0.0300. The molecule has 5 nitrogen and oxygen atoms in total. The zero-order valence-corrected chi connectivity index (χ0v) is 12.3. The quantitative estimate of drug-likeness (QED) is 0.920. The Morgan fingerprint density at radius 2 is 2.24 bits per heavy atom. The summed E-state index contributed by atoms with van der Waals surface area (Å²) in [5, 5.41) is 13.5. The van der Waals surface area contributed by atoms with Crippen LogP contribution in [0.25, 0.3) is 0 Å². The first-order valence-corrected chi connectivity index (χ1v) is 6.69. The number of hydrogen-bond donors (Lipinski definition) is 1. The van der Waals surface area contributed by atoms with Gasteiger partial charge in [0.1, 0.15) is 6.61 Å². The molecule has 1 N–H and O–H groups in total. The predicted octanol–water partition coefficient (Wildman–Crippen LogP) is 3.28. The van der Waals surface area contributed by atoms with Gasteiger partial charge in [0.25, 0.3) is 0 Å². The van der Waals surface area contributed by atoms with Crippen LogP contribution in [0.3, 0.4) is 0 Å². The van der Waals surface area contributed by atoms with Crippen molar-refractivity contribution in [2.45, 2.75) is 27.0 Å². The van der Waals surface area contributed by atoms with Gasteiger partial charge in [0, 0.05) is 6.54 Å². The average molecular weight is 313 g/mol. The maximum atomic E-state index is 13.8. The molecule has 0 amide bonds. The summed E-state index contributed by atoms with van der Waals surface area (Å²) in [5.74, 6) is -1.95. The van der Waals surface area contributed by atoms with E-state index in [1.165, 1.54) is 12.1 Å². The second-order valence-corrected chi connectivity index (χ2v) is 4.78. The molecule has 0 aliphatic heterocycles. The van der Waals surface area contributed by atoms with Gasteiger partial charge in [0.2, 0.25) is 0 Å². The van der Waals surface area contributed by atoms with E-state index in [2.05, 4.69) is 5.10 Å². The van der Waals surface area contributed by atoms with Crippen LogP contribution in [-0.4, -0.2) is 20.9 Å². The van der Waals surface area contributed by atoms with Crippen molar-refractivity contribution in [3.05, 3.63) is 46.0 Å². The molecular weight excluding hydrogens is 299 g/mol. The van der Waals surface area contributed by atoms with E-state index in [9.17, 15) is 9.18 Å². The molecule has 0 aliphatic rings. The minimum atomic E-state index is -1.19. The molecule has 7 heteroatoms. The van der Waals surface area contributed by atoms with Crippen LogP contribution in [0.5, 0.6) is 5.75 Å². The number of benzene rings is 1. The van der Waals surface area contributed by atoms with Gasteiger partial charge in [-0.15, -0.1) is 0 Å². The van der Waals surface area contributed by atoms with E-state index in [1.54, 1.807) is 11.6 Å². The third-order valence-electron chi connectivity index (χ3n) is 3.00. The van der Waals surface area contributed by atoms with E-state index in [-0.39, 0.29) is 17.9 Å². The summed E-state index contributed by atoms with van der Waals surface area (Å²) in [6, 6.07) is 3.48. The number of nitrogens with zero attached hydrogens (tertiary/aromatic N) is 2. The molecule has 0 aliphatic carbocycles. The molecule has 0 radical (unpaired) electrons. The van der Waals surface area contributed by atoms with Crippen molar-refractivity contribution in [3.8, 4) is 5.75 Å². The molecule has 0 atom stereocenters. The zero-order chi connectivity index (χ0) is 15.6. The fourth-order valence-corrected chi connectivity index (χ4v) is 2.09. The Balaban J connectivity index is 2.19. The van der Waals surface area contributed by atoms with Crippen molar-refractivity contribution < 1.29 is 19.0 Å². The molecule has 21 heavy (non-hydrogen) atoms. The SMILES string of the molecule is CCn1nc(C)c(Cl)c1COc1ccc(C(=O)O)cc1F. The zero-order valence-electron chi connectivity index (χ0n) is 11.6. The molecule has 0 fully saturated rings. The molecule has 0 saturated carbocycles. The van der Waals surface area contributed by atoms with Gasteiger partial charge in [-0.05, 0) is 32.0 Å². The van der Waals surface area contributed by atoms with Gasteiger partial charge in [-0.1, -0.05) is 11.6 Å². The second kappa shape index (κ2) is 6.13. The van der Waals surface area contributed by atoms with E-state index in [1.807, 2.05) is 6.92 Å². The molecule has 0 saturated heterocycles. The third kappa shape index (κ3) is 3.16. The molecule has 1 heterocycles. The van der Waals surface area contributed by atoms with Crippen molar-refractivity contribution in [2.24, 2.45) is 0 Å². The van der Waals surface area contributed by atoms with E-state index in [0.29, 0.717) is 23.0 Å². The number of hydrogen-bond acceptors (Lipinski definition) is 3. The number of rotatable bonds is 5. The molecule has 1 aromatic carbocycles. The Labute approximate surface area is 125 Å². The number of aryl methyl sites for hydroxylation is 2. The lowest BCUT2D eigenvalue weighted by molar-refractivity contribution is 0.0696. The van der Waals surface area contributed by atoms with Crippen molar-refractivity contribution in [1.82, 2.24) is 9.78 Å². The monoisotopic (exact) mass is 312 g/mol. The van der Waals surface area contributed by atoms with Crippen LogP contribution in [0, 0.1) is 12.7 Å². The summed E-state index contributed by atoms with van der Waals surface area (Å²) in [6.07, 6.45) is 0. The summed E-state index contributed by atoms with van der Waals surface area (Å²) in [5.41, 5.74) is 1.20. The molecule has 0 unspecified atom stereocenters. The number of carboxylic acids is 1. The highest BCUT2D eigenvalue weighted by molar-refractivity contribution is 6.31. The number of carboxylic acid groups (broad SMARTS) is 1. The number of aromatic carboxylic acids is 1. The van der Waals surface area contributed by atoms with Gasteiger partial charge in [-0.25, -0.2) is 9.18 Å². The second-order valence-electron chi connectivity index (χ2n) is 4.40. The van der Waals surface area contributed by atoms with Crippen LogP contribution < -0.4 is 4.74 Å². The lowest BCUT2D eigenvalue weighted by atomic mass is 10.2. The summed E-state index contributed by atoms with van der Waals surface area (Å²) in [4.78, 5) is 10.7. The highest BCUT2D eigenvalue weighted by atomic mass is 35.5. The Bertz CT molecular complexity index is 685. The first kappa shape index (κ1) is 15.3. The summed E-state index contributed by atoms with van der Waals surface area (Å²) in [6.45, 7) is 4.36. The highest BCUT2D eigenvalue weighted by Crippen LogP contribution is 2.24. The normalized spacial score (nSPS) is 10.7. The van der Waals surface area contributed by atoms with Crippen LogP contribution in [0.15, 0.2) is 18.2 Å². The Hall–Kier alpha value is -2.08. The van der Waals surface area contributed by atoms with Gasteiger partial charge in [-0.2, -0.15) is 5.10 Å². The molecule has 2 rings (SSSR count). The molecule has 1 aromatic heterocycles. The first-order valence-electron chi connectivity index (χ1n) is 6.31. The predicted molar refractivity (Wildman–Crippen MR) is 75.3 cm³/mol. The van der Waals surface area contributed by atoms with Gasteiger partial charge >= 0.3 is 5.97 Å². The maximum absolute atomic E-state index is 13.8. The fraction of sp³-hybridized carbons (Fsp3) is 0.286. The average Bonchev–Trinajstić information content (AvgIpc) is 2.72. The molecule has 112 valence electrons. The van der Waals surface area contributed by atoms with Crippen LogP contribution in [0.1, 0.15) is 28.7 Å². The number of carbonyl (C=O) groups is 1. The lowest BCUT2D eigenvalue weighted by Gasteiger charge is -2.09. The van der Waals surface area contributed by atoms with Crippen LogP contribution in [0.4, 0.5) is 4.39 Å². The van der Waals surface area contributed by atoms with E-state index < -0.39 is 11.8 Å². The van der Waals surface area contributed by atoms with E-state index in [0.717, 1.165) is 6.07 Å². The van der Waals surface area contributed by atoms with Gasteiger partial charge in [0.15, 0.2) is 11.6 Å². The highest BCUT2D eigenvalue weighted by Gasteiger charge is 2.15. The van der Waals surface area contributed by atoms with E-state index >= 15 is 0 Å². The molecule has 2 aromatic rings. The lowest BCUT2D eigenvalue weighted by Crippen LogP contribution is -2.07. The van der Waals surface area contributed by atoms with Crippen LogP contribution >= 0.6 is 11.6 Å². The maximum Gasteiger partial charge on any atom is 0.335 e. The topological polar surface area (TPSA) is 64.4 Å². The van der Waals surface area contributed by atoms with Crippen LogP contribution in [0.2, 0.25) is 5.02 Å². The summed E-state index contributed by atoms with van der Waals surface area (Å²) < 4.78 is 20.8. The van der Waals surface area contributed by atoms with E-state index in [4.69, 9.17) is 21.4 Å². The third-order valence-corrected chi connectivity index (χ3v) is 3.49.